The molecule has 176 valence electrons. The van der Waals surface area contributed by atoms with E-state index in [-0.39, 0.29) is 26.4 Å². The smallest absolute Gasteiger partial charge is 1.00 e. The molecular weight excluding hydrogens is 477 g/mol. The quantitative estimate of drug-likeness (QED) is 0.370. The van der Waals surface area contributed by atoms with Crippen molar-refractivity contribution in [2.24, 2.45) is 0 Å². The second kappa shape index (κ2) is 13.2. The van der Waals surface area contributed by atoms with Gasteiger partial charge in [-0.25, -0.2) is 0 Å². The molecule has 0 unspecified atom stereocenters. The molecule has 0 radical (unpaired) electrons. The molecule has 0 saturated heterocycles. The summed E-state index contributed by atoms with van der Waals surface area (Å²) >= 11 is 0. The summed E-state index contributed by atoms with van der Waals surface area (Å²) in [7, 11) is -18.0. The van der Waals surface area contributed by atoms with E-state index in [4.69, 9.17) is 0 Å². The van der Waals surface area contributed by atoms with Crippen molar-refractivity contribution in [2.45, 2.75) is 12.4 Å². The number of alkyl halides is 6. The van der Waals surface area contributed by atoms with E-state index in [0.717, 1.165) is 6.07 Å². The molecule has 0 aromatic heterocycles. The van der Waals surface area contributed by atoms with Crippen LogP contribution in [-0.4, -0.2) is 21.8 Å². The zero-order valence-corrected chi connectivity index (χ0v) is 13.8. The second-order valence-corrected chi connectivity index (χ2v) is 4.06. The van der Waals surface area contributed by atoms with Crippen molar-refractivity contribution in [3.05, 3.63) is 35.4 Å². The molecule has 0 atom stereocenters. The summed E-state index contributed by atoms with van der Waals surface area (Å²) in [6.45, 7) is 0. The van der Waals surface area contributed by atoms with Crippen molar-refractivity contribution in [3.63, 3.8) is 0 Å². The molecule has 1 aromatic carbocycles. The van der Waals surface area contributed by atoms with Gasteiger partial charge >= 0.3 is 53.0 Å². The molecule has 30 heavy (non-hydrogen) atoms. The van der Waals surface area contributed by atoms with E-state index in [2.05, 4.69) is 0 Å². The Hall–Kier alpha value is -1.25. The molecule has 0 N–H and O–H groups in total. The fourth-order valence-corrected chi connectivity index (χ4v) is 0.872. The van der Waals surface area contributed by atoms with Crippen LogP contribution in [0.15, 0.2) is 24.3 Å². The number of halogens is 18. The Morgan fingerprint density at radius 2 is 0.667 bits per heavy atom. The van der Waals surface area contributed by atoms with Crippen LogP contribution < -0.4 is 18.9 Å². The van der Waals surface area contributed by atoms with Gasteiger partial charge in [-0.1, -0.05) is 6.07 Å². The molecule has 1 rings (SSSR count). The number of hydrogen-bond donors (Lipinski definition) is 0. The number of rotatable bonds is 0. The second-order valence-electron chi connectivity index (χ2n) is 4.06. The first-order chi connectivity index (χ1) is 12.2. The molecule has 1 aromatic rings. The van der Waals surface area contributed by atoms with Crippen LogP contribution in [0.1, 0.15) is 12.6 Å². The summed E-state index contributed by atoms with van der Waals surface area (Å²) in [5.74, 6) is 0. The molecule has 0 saturated carbocycles. The molecule has 0 amide bonds. The van der Waals surface area contributed by atoms with Crippen molar-refractivity contribution < 1.29 is 98.4 Å². The molecule has 0 aliphatic carbocycles. The first-order valence-corrected chi connectivity index (χ1v) is 6.07. The third kappa shape index (κ3) is 41.2. The van der Waals surface area contributed by atoms with Gasteiger partial charge in [0.1, 0.15) is 0 Å². The van der Waals surface area contributed by atoms with Crippen LogP contribution in [0.2, 0.25) is 0 Å². The van der Waals surface area contributed by atoms with Crippen LogP contribution in [0.25, 0.3) is 0 Å². The summed E-state index contributed by atoms with van der Waals surface area (Å²) in [5.41, 5.74) is -2.60. The molecule has 0 nitrogen and oxygen atoms in total. The third-order valence-electron chi connectivity index (χ3n) is 1.52. The summed E-state index contributed by atoms with van der Waals surface area (Å²) in [4.78, 5) is 0. The maximum absolute atomic E-state index is 12.0. The maximum Gasteiger partial charge on any atom is 1.00 e. The van der Waals surface area contributed by atoms with Gasteiger partial charge in [0.25, 0.3) is 0 Å². The van der Waals surface area contributed by atoms with E-state index in [1.807, 2.05) is 0 Å². The Morgan fingerprint density at radius 3 is 0.800 bits per heavy atom. The first kappa shape index (κ1) is 36.1. The Bertz CT molecular complexity index is 500. The summed E-state index contributed by atoms with van der Waals surface area (Å²) in [6, 6.07) is 2.00. The van der Waals surface area contributed by atoms with Crippen LogP contribution in [0, 0.1) is 0 Å². The van der Waals surface area contributed by atoms with Gasteiger partial charge in [-0.05, 0) is 18.2 Å². The molecule has 22 heteroatoms. The van der Waals surface area contributed by atoms with Crippen molar-refractivity contribution >= 4 is 21.8 Å². The number of hydrogen-bond acceptors (Lipinski definition) is 0. The van der Waals surface area contributed by atoms with E-state index in [1.54, 1.807) is 0 Å². The largest absolute Gasteiger partial charge is 1.00 e. The summed E-state index contributed by atoms with van der Waals surface area (Å²) in [6.07, 6.45) is -9.50. The van der Waals surface area contributed by atoms with Crippen LogP contribution in [0.3, 0.4) is 0 Å². The minimum Gasteiger partial charge on any atom is -1.00 e. The predicted octanol–water partition coefficient (Wildman–Crippen LogP) is 4.74. The number of benzene rings is 1. The normalized spacial score (nSPS) is 12.1. The van der Waals surface area contributed by atoms with Gasteiger partial charge in [-0.2, -0.15) is 26.3 Å². The Labute approximate surface area is 169 Å². The van der Waals surface area contributed by atoms with Gasteiger partial charge in [0.05, 0.1) is 11.1 Å². The van der Waals surface area contributed by atoms with E-state index in [0.29, 0.717) is 12.1 Å². The minimum atomic E-state index is -6.00. The SMILES string of the molecule is FC(F)(F)c1cccc(C(F)(F)F)c1.F[B-](F)(F)F.F[B-](F)(F)F.F[B-](F)(F)F.[H-].[Li+]. The average Bonchev–Trinajstić information content (AvgIpc) is 2.30. The molecule has 0 bridgehead atoms. The van der Waals surface area contributed by atoms with Gasteiger partial charge in [0, 0.05) is 0 Å². The first-order valence-electron chi connectivity index (χ1n) is 6.07. The fraction of sp³-hybridized carbons (Fsp3) is 0.250. The van der Waals surface area contributed by atoms with Crippen molar-refractivity contribution in [1.82, 2.24) is 0 Å². The molecular formula is C8H5B3F18Li-3. The maximum atomic E-state index is 12.0. The average molecular weight is 482 g/mol. The van der Waals surface area contributed by atoms with Crippen LogP contribution in [-0.2, 0) is 12.4 Å². The molecule has 0 aliphatic heterocycles. The monoisotopic (exact) mass is 483 g/mol. The zero-order chi connectivity index (χ0) is 24.5. The van der Waals surface area contributed by atoms with Gasteiger partial charge in [-0.3, -0.25) is 0 Å². The van der Waals surface area contributed by atoms with Gasteiger partial charge < -0.3 is 53.2 Å². The summed E-state index contributed by atoms with van der Waals surface area (Å²) in [5, 5.41) is 0. The zero-order valence-electron chi connectivity index (χ0n) is 14.8. The molecule has 0 heterocycles. The van der Waals surface area contributed by atoms with Gasteiger partial charge in [0.2, 0.25) is 0 Å². The van der Waals surface area contributed by atoms with Crippen LogP contribution >= 0.6 is 0 Å². The standard InChI is InChI=1S/C8H4F6.3BF4.Li.H/c9-7(10,11)5-2-1-3-6(4-5)8(12,13)14;3*2-1(3,4)5;;/h1-4H;;;;;/q;3*-1;+1;-1. The summed E-state index contributed by atoms with van der Waals surface area (Å²) < 4.78 is 189. The topological polar surface area (TPSA) is 0 Å². The predicted molar refractivity (Wildman–Crippen MR) is 68.1 cm³/mol. The van der Waals surface area contributed by atoms with E-state index in [1.165, 1.54) is 0 Å². The van der Waals surface area contributed by atoms with E-state index in [9.17, 15) is 78.1 Å². The Morgan fingerprint density at radius 1 is 0.500 bits per heavy atom. The van der Waals surface area contributed by atoms with Crippen molar-refractivity contribution in [2.75, 3.05) is 0 Å². The van der Waals surface area contributed by atoms with Crippen molar-refractivity contribution in [3.8, 4) is 0 Å². The van der Waals surface area contributed by atoms with E-state index >= 15 is 0 Å². The fourth-order valence-electron chi connectivity index (χ4n) is 0.872. The van der Waals surface area contributed by atoms with Crippen molar-refractivity contribution in [1.29, 1.82) is 0 Å². The molecule has 0 fully saturated rings. The van der Waals surface area contributed by atoms with Gasteiger partial charge in [0.15, 0.2) is 0 Å². The molecule has 0 aliphatic rings. The third-order valence-corrected chi connectivity index (χ3v) is 1.52. The minimum absolute atomic E-state index is 0. The molecule has 0 spiro atoms. The van der Waals surface area contributed by atoms with Crippen LogP contribution in [0.4, 0.5) is 78.1 Å². The van der Waals surface area contributed by atoms with Crippen LogP contribution in [0.5, 0.6) is 0 Å². The Balaban J connectivity index is -0.000000111. The Kier molecular flexibility index (Phi) is 15.9. The van der Waals surface area contributed by atoms with Gasteiger partial charge in [-0.15, -0.1) is 0 Å². The van der Waals surface area contributed by atoms with E-state index < -0.39 is 45.2 Å².